The van der Waals surface area contributed by atoms with Crippen LogP contribution in [0, 0.1) is 0 Å². The minimum atomic E-state index is -0.199. The minimum Gasteiger partial charge on any atom is -0.460 e. The maximum atomic E-state index is 12.1. The van der Waals surface area contributed by atoms with Crippen molar-refractivity contribution < 1.29 is 9.53 Å². The van der Waals surface area contributed by atoms with E-state index in [0.717, 1.165) is 36.4 Å². The van der Waals surface area contributed by atoms with Gasteiger partial charge in [0.25, 0.3) is 0 Å². The van der Waals surface area contributed by atoms with Crippen LogP contribution in [0.2, 0.25) is 5.15 Å². The minimum absolute atomic E-state index is 0.199. The van der Waals surface area contributed by atoms with Crippen LogP contribution in [0.4, 0.5) is 0 Å². The Balaban J connectivity index is 1.34. The van der Waals surface area contributed by atoms with Crippen molar-refractivity contribution in [3.8, 4) is 0 Å². The Hall–Kier alpha value is -2.44. The number of benzene rings is 1. The van der Waals surface area contributed by atoms with Gasteiger partial charge in [-0.15, -0.1) is 0 Å². The average molecular weight is 371 g/mol. The first-order chi connectivity index (χ1) is 12.7. The van der Waals surface area contributed by atoms with Crippen molar-refractivity contribution in [1.29, 1.82) is 0 Å². The summed E-state index contributed by atoms with van der Waals surface area (Å²) in [6.45, 7) is 2.24. The summed E-state index contributed by atoms with van der Waals surface area (Å²) in [5.74, 6) is 1.03. The van der Waals surface area contributed by atoms with Crippen molar-refractivity contribution in [1.82, 2.24) is 19.3 Å². The molecule has 0 unspecified atom stereocenters. The van der Waals surface area contributed by atoms with Crippen LogP contribution in [0.3, 0.4) is 0 Å². The van der Waals surface area contributed by atoms with E-state index in [-0.39, 0.29) is 11.9 Å². The molecule has 7 heteroatoms. The second kappa shape index (κ2) is 7.43. The first-order valence-electron chi connectivity index (χ1n) is 8.60. The van der Waals surface area contributed by atoms with Crippen LogP contribution in [0.15, 0.2) is 48.9 Å². The Labute approximate surface area is 156 Å². The Bertz CT molecular complexity index is 912. The topological polar surface area (TPSA) is 59.7 Å². The zero-order chi connectivity index (χ0) is 17.9. The predicted octanol–water partition coefficient (Wildman–Crippen LogP) is 2.92. The van der Waals surface area contributed by atoms with E-state index in [1.165, 1.54) is 0 Å². The summed E-state index contributed by atoms with van der Waals surface area (Å²) >= 11 is 6.12. The highest BCUT2D eigenvalue weighted by atomic mass is 35.5. The second-order valence-corrected chi connectivity index (χ2v) is 6.81. The molecule has 0 radical (unpaired) electrons. The molecular formula is C19H19ClN4O2. The van der Waals surface area contributed by atoms with Crippen molar-refractivity contribution in [2.24, 2.45) is 0 Å². The Kier molecular flexibility index (Phi) is 4.86. The van der Waals surface area contributed by atoms with Crippen LogP contribution in [0.5, 0.6) is 0 Å². The highest BCUT2D eigenvalue weighted by molar-refractivity contribution is 6.32. The molecule has 4 rings (SSSR count). The molecule has 1 atom stereocenters. The molecule has 134 valence electrons. The molecule has 0 aliphatic carbocycles. The van der Waals surface area contributed by atoms with Gasteiger partial charge in [0.2, 0.25) is 0 Å². The van der Waals surface area contributed by atoms with Gasteiger partial charge in [-0.05, 0) is 18.5 Å². The van der Waals surface area contributed by atoms with Crippen molar-refractivity contribution in [3.63, 3.8) is 0 Å². The number of carbonyl (C=O) groups is 1. The molecule has 2 aromatic heterocycles. The summed E-state index contributed by atoms with van der Waals surface area (Å²) in [6, 6.07) is 9.71. The van der Waals surface area contributed by atoms with Gasteiger partial charge >= 0.3 is 5.97 Å². The normalized spacial score (nSPS) is 17.7. The lowest BCUT2D eigenvalue weighted by Gasteiger charge is -2.15. The molecule has 1 saturated heterocycles. The zero-order valence-electron chi connectivity index (χ0n) is 14.2. The number of carbonyl (C=O) groups excluding carboxylic acids is 1. The van der Waals surface area contributed by atoms with Crippen LogP contribution in [-0.2, 0) is 16.1 Å². The van der Waals surface area contributed by atoms with Gasteiger partial charge in [-0.3, -0.25) is 14.1 Å². The standard InChI is InChI=1S/C19H19ClN4O2/c20-18-16-10-22-19(24(16)9-7-21-18)15-6-8-23(11-15)12-17(25)26-13-14-4-2-1-3-5-14/h1-5,7,9-10,15H,6,8,11-13H2/t15-/m0/s1. The zero-order valence-corrected chi connectivity index (χ0v) is 15.0. The Morgan fingerprint density at radius 3 is 2.96 bits per heavy atom. The summed E-state index contributed by atoms with van der Waals surface area (Å²) in [5.41, 5.74) is 1.80. The lowest BCUT2D eigenvalue weighted by Crippen LogP contribution is -2.29. The summed E-state index contributed by atoms with van der Waals surface area (Å²) in [7, 11) is 0. The Morgan fingerprint density at radius 2 is 2.12 bits per heavy atom. The average Bonchev–Trinajstić information content (AvgIpc) is 3.28. The van der Waals surface area contributed by atoms with Gasteiger partial charge in [0.05, 0.1) is 12.7 Å². The molecule has 3 heterocycles. The van der Waals surface area contributed by atoms with Crippen molar-refractivity contribution in [2.75, 3.05) is 19.6 Å². The van der Waals surface area contributed by atoms with Crippen LogP contribution < -0.4 is 0 Å². The van der Waals surface area contributed by atoms with Crippen LogP contribution in [-0.4, -0.2) is 44.9 Å². The number of fused-ring (bicyclic) bond motifs is 1. The predicted molar refractivity (Wildman–Crippen MR) is 98.0 cm³/mol. The number of likely N-dealkylation sites (tertiary alicyclic amines) is 1. The van der Waals surface area contributed by atoms with Crippen molar-refractivity contribution >= 4 is 23.1 Å². The summed E-state index contributed by atoms with van der Waals surface area (Å²) in [6.07, 6.45) is 6.25. The molecule has 1 aliphatic heterocycles. The third-order valence-corrected chi connectivity index (χ3v) is 4.96. The first kappa shape index (κ1) is 17.0. The van der Waals surface area contributed by atoms with Gasteiger partial charge in [-0.1, -0.05) is 41.9 Å². The molecule has 6 nitrogen and oxygen atoms in total. The van der Waals surface area contributed by atoms with E-state index in [0.29, 0.717) is 18.3 Å². The van der Waals surface area contributed by atoms with E-state index in [4.69, 9.17) is 16.3 Å². The smallest absolute Gasteiger partial charge is 0.320 e. The van der Waals surface area contributed by atoms with Gasteiger partial charge < -0.3 is 4.74 Å². The fourth-order valence-electron chi connectivity index (χ4n) is 3.37. The number of hydrogen-bond acceptors (Lipinski definition) is 5. The molecule has 0 N–H and O–H groups in total. The fourth-order valence-corrected chi connectivity index (χ4v) is 3.57. The van der Waals surface area contributed by atoms with E-state index in [1.807, 2.05) is 40.9 Å². The molecule has 0 spiro atoms. The van der Waals surface area contributed by atoms with Crippen LogP contribution >= 0.6 is 11.6 Å². The molecule has 1 aromatic carbocycles. The highest BCUT2D eigenvalue weighted by Gasteiger charge is 2.28. The Morgan fingerprint density at radius 1 is 1.27 bits per heavy atom. The van der Waals surface area contributed by atoms with E-state index >= 15 is 0 Å². The van der Waals surface area contributed by atoms with Crippen LogP contribution in [0.25, 0.3) is 5.52 Å². The number of nitrogens with zero attached hydrogens (tertiary/aromatic N) is 4. The monoisotopic (exact) mass is 370 g/mol. The number of rotatable bonds is 5. The van der Waals surface area contributed by atoms with E-state index in [2.05, 4.69) is 14.9 Å². The third-order valence-electron chi connectivity index (χ3n) is 4.67. The maximum absolute atomic E-state index is 12.1. The number of halogens is 1. The molecule has 1 aliphatic rings. The molecule has 26 heavy (non-hydrogen) atoms. The molecule has 3 aromatic rings. The van der Waals surface area contributed by atoms with Crippen molar-refractivity contribution in [3.05, 3.63) is 65.5 Å². The summed E-state index contributed by atoms with van der Waals surface area (Å²) < 4.78 is 7.36. The SMILES string of the molecule is O=C(CN1CC[C@H](c2ncc3c(Cl)nccn23)C1)OCc1ccccc1. The van der Waals surface area contributed by atoms with Crippen LogP contribution in [0.1, 0.15) is 23.7 Å². The second-order valence-electron chi connectivity index (χ2n) is 6.46. The van der Waals surface area contributed by atoms with E-state index < -0.39 is 0 Å². The van der Waals surface area contributed by atoms with E-state index in [9.17, 15) is 4.79 Å². The summed E-state index contributed by atoms with van der Waals surface area (Å²) in [4.78, 5) is 22.8. The number of hydrogen-bond donors (Lipinski definition) is 0. The largest absolute Gasteiger partial charge is 0.460 e. The van der Waals surface area contributed by atoms with Gasteiger partial charge in [0.15, 0.2) is 5.15 Å². The van der Waals surface area contributed by atoms with Crippen molar-refractivity contribution in [2.45, 2.75) is 18.9 Å². The molecule has 0 saturated carbocycles. The number of imidazole rings is 1. The molecule has 1 fully saturated rings. The van der Waals surface area contributed by atoms with Gasteiger partial charge in [0.1, 0.15) is 17.9 Å². The molecule has 0 amide bonds. The number of aromatic nitrogens is 3. The lowest BCUT2D eigenvalue weighted by molar-refractivity contribution is -0.146. The summed E-state index contributed by atoms with van der Waals surface area (Å²) in [5, 5.41) is 0.450. The van der Waals surface area contributed by atoms with Gasteiger partial charge in [0, 0.05) is 24.9 Å². The quantitative estimate of drug-likeness (QED) is 0.646. The first-order valence-corrected chi connectivity index (χ1v) is 8.98. The van der Waals surface area contributed by atoms with Gasteiger partial charge in [-0.2, -0.15) is 0 Å². The highest BCUT2D eigenvalue weighted by Crippen LogP contribution is 2.28. The van der Waals surface area contributed by atoms with E-state index in [1.54, 1.807) is 12.4 Å². The lowest BCUT2D eigenvalue weighted by atomic mass is 10.1. The maximum Gasteiger partial charge on any atom is 0.320 e. The molecular weight excluding hydrogens is 352 g/mol. The number of esters is 1. The fraction of sp³-hybridized carbons (Fsp3) is 0.316. The van der Waals surface area contributed by atoms with Gasteiger partial charge in [-0.25, -0.2) is 9.97 Å². The molecule has 0 bridgehead atoms. The number of ether oxygens (including phenoxy) is 1. The third kappa shape index (κ3) is 3.57.